The highest BCUT2D eigenvalue weighted by molar-refractivity contribution is 6.15. The summed E-state index contributed by atoms with van der Waals surface area (Å²) in [4.78, 5) is 29.5. The number of amides is 2. The first-order valence-corrected chi connectivity index (χ1v) is 6.73. The highest BCUT2D eigenvalue weighted by atomic mass is 16.2. The highest BCUT2D eigenvalue weighted by Crippen LogP contribution is 2.18. The van der Waals surface area contributed by atoms with Gasteiger partial charge in [-0.3, -0.25) is 19.8 Å². The Morgan fingerprint density at radius 1 is 1.15 bits per heavy atom. The topological polar surface area (TPSA) is 61.8 Å². The van der Waals surface area contributed by atoms with Gasteiger partial charge in [0, 0.05) is 6.04 Å². The van der Waals surface area contributed by atoms with Gasteiger partial charge in [-0.25, -0.2) is 4.99 Å². The summed E-state index contributed by atoms with van der Waals surface area (Å²) < 4.78 is 0. The summed E-state index contributed by atoms with van der Waals surface area (Å²) in [6.07, 6.45) is -0.114. The number of nitrogens with zero attached hydrogens (tertiary/aromatic N) is 2. The molecule has 5 nitrogen and oxygen atoms in total. The second-order valence-corrected chi connectivity index (χ2v) is 5.12. The number of guanidine groups is 1. The molecule has 2 rings (SSSR count). The second-order valence-electron chi connectivity index (χ2n) is 5.12. The predicted molar refractivity (Wildman–Crippen MR) is 77.0 cm³/mol. The van der Waals surface area contributed by atoms with Gasteiger partial charge in [0.25, 0.3) is 0 Å². The van der Waals surface area contributed by atoms with Gasteiger partial charge < -0.3 is 0 Å². The van der Waals surface area contributed by atoms with Crippen LogP contribution in [-0.2, 0) is 9.59 Å². The zero-order valence-corrected chi connectivity index (χ0v) is 12.0. The van der Waals surface area contributed by atoms with Crippen molar-refractivity contribution < 1.29 is 9.59 Å². The fourth-order valence-electron chi connectivity index (χ4n) is 2.19. The van der Waals surface area contributed by atoms with Gasteiger partial charge in [-0.2, -0.15) is 0 Å². The van der Waals surface area contributed by atoms with Crippen molar-refractivity contribution in [3.63, 3.8) is 0 Å². The lowest BCUT2D eigenvalue weighted by molar-refractivity contribution is -0.136. The maximum Gasteiger partial charge on any atom is 0.238 e. The number of rotatable bonds is 3. The fourth-order valence-corrected chi connectivity index (χ4v) is 2.19. The van der Waals surface area contributed by atoms with Crippen molar-refractivity contribution in [2.75, 3.05) is 0 Å². The normalized spacial score (nSPS) is 19.4. The number of hydrogen-bond donors (Lipinski definition) is 1. The van der Waals surface area contributed by atoms with Gasteiger partial charge in [0.2, 0.25) is 17.8 Å². The Kier molecular flexibility index (Phi) is 4.17. The van der Waals surface area contributed by atoms with Crippen molar-refractivity contribution in [2.45, 2.75) is 39.3 Å². The van der Waals surface area contributed by atoms with Crippen molar-refractivity contribution in [2.24, 2.45) is 4.99 Å². The summed E-state index contributed by atoms with van der Waals surface area (Å²) >= 11 is 0. The molecule has 0 unspecified atom stereocenters. The number of carbonyl (C=O) groups is 2. The predicted octanol–water partition coefficient (Wildman–Crippen LogP) is 1.86. The number of hydrogen-bond acceptors (Lipinski definition) is 3. The van der Waals surface area contributed by atoms with Crippen LogP contribution in [-0.4, -0.2) is 28.7 Å². The van der Waals surface area contributed by atoms with E-state index in [1.807, 2.05) is 51.1 Å². The summed E-state index contributed by atoms with van der Waals surface area (Å²) in [6.45, 7) is 5.74. The van der Waals surface area contributed by atoms with Crippen LogP contribution in [0.1, 0.15) is 38.8 Å². The molecule has 106 valence electrons. The number of carbonyl (C=O) groups excluding carboxylic acids is 2. The molecule has 1 fully saturated rings. The molecule has 2 amide bonds. The Bertz CT molecular complexity index is 537. The average Bonchev–Trinajstić information content (AvgIpc) is 2.38. The average molecular weight is 273 g/mol. The SMILES string of the molecule is CC(C)N1C(=O)CC(=O)NC1=N[C@@H](C)c1ccccc1. The lowest BCUT2D eigenvalue weighted by atomic mass is 10.1. The highest BCUT2D eigenvalue weighted by Gasteiger charge is 2.31. The lowest BCUT2D eigenvalue weighted by Gasteiger charge is -2.32. The largest absolute Gasteiger partial charge is 0.296 e. The Morgan fingerprint density at radius 2 is 1.80 bits per heavy atom. The van der Waals surface area contributed by atoms with Crippen LogP contribution in [0.5, 0.6) is 0 Å². The fraction of sp³-hybridized carbons (Fsp3) is 0.400. The summed E-state index contributed by atoms with van der Waals surface area (Å²) in [5, 5.41) is 2.70. The van der Waals surface area contributed by atoms with E-state index >= 15 is 0 Å². The van der Waals surface area contributed by atoms with Crippen molar-refractivity contribution in [3.05, 3.63) is 35.9 Å². The van der Waals surface area contributed by atoms with Crippen LogP contribution in [0.3, 0.4) is 0 Å². The molecule has 1 N–H and O–H groups in total. The van der Waals surface area contributed by atoms with Crippen LogP contribution in [0, 0.1) is 0 Å². The van der Waals surface area contributed by atoms with E-state index in [-0.39, 0.29) is 30.3 Å². The molecule has 5 heteroatoms. The molecule has 20 heavy (non-hydrogen) atoms. The standard InChI is InChI=1S/C15H19N3O2/c1-10(2)18-14(20)9-13(19)17-15(18)16-11(3)12-7-5-4-6-8-12/h4-8,10-11H,9H2,1-3H3,(H,16,17,19)/t11-/m0/s1. The van der Waals surface area contributed by atoms with Crippen molar-refractivity contribution in [1.82, 2.24) is 10.2 Å². The molecule has 1 aromatic carbocycles. The maximum absolute atomic E-state index is 12.0. The molecule has 0 spiro atoms. The van der Waals surface area contributed by atoms with Crippen LogP contribution in [0.2, 0.25) is 0 Å². The van der Waals surface area contributed by atoms with Gasteiger partial charge in [-0.15, -0.1) is 0 Å². The van der Waals surface area contributed by atoms with E-state index in [9.17, 15) is 9.59 Å². The zero-order valence-electron chi connectivity index (χ0n) is 12.0. The lowest BCUT2D eigenvalue weighted by Crippen LogP contribution is -2.56. The molecule has 0 aliphatic carbocycles. The summed E-state index contributed by atoms with van der Waals surface area (Å²) in [6, 6.07) is 9.61. The van der Waals surface area contributed by atoms with E-state index in [1.165, 1.54) is 0 Å². The van der Waals surface area contributed by atoms with Crippen LogP contribution in [0.15, 0.2) is 35.3 Å². The van der Waals surface area contributed by atoms with Gasteiger partial charge >= 0.3 is 0 Å². The minimum atomic E-state index is -0.300. The molecule has 1 heterocycles. The Morgan fingerprint density at radius 3 is 2.40 bits per heavy atom. The van der Waals surface area contributed by atoms with E-state index in [4.69, 9.17) is 0 Å². The molecule has 1 aliphatic heterocycles. The molecule has 0 radical (unpaired) electrons. The molecule has 1 aliphatic rings. The van der Waals surface area contributed by atoms with E-state index in [0.717, 1.165) is 5.56 Å². The van der Waals surface area contributed by atoms with Gasteiger partial charge in [0.15, 0.2) is 0 Å². The van der Waals surface area contributed by atoms with Gasteiger partial charge in [-0.05, 0) is 26.3 Å². The first kappa shape index (κ1) is 14.2. The van der Waals surface area contributed by atoms with Crippen molar-refractivity contribution in [1.29, 1.82) is 0 Å². The molecular formula is C15H19N3O2. The quantitative estimate of drug-likeness (QED) is 0.854. The second kappa shape index (κ2) is 5.86. The summed E-state index contributed by atoms with van der Waals surface area (Å²) in [7, 11) is 0. The third-order valence-corrected chi connectivity index (χ3v) is 3.17. The van der Waals surface area contributed by atoms with Crippen LogP contribution < -0.4 is 5.32 Å². The molecule has 1 aromatic rings. The Balaban J connectivity index is 2.29. The van der Waals surface area contributed by atoms with Crippen molar-refractivity contribution in [3.8, 4) is 0 Å². The molecule has 0 aromatic heterocycles. The first-order valence-electron chi connectivity index (χ1n) is 6.73. The maximum atomic E-state index is 12.0. The number of nitrogens with one attached hydrogen (secondary N) is 1. The third kappa shape index (κ3) is 3.04. The minimum absolute atomic E-state index is 0.0372. The van der Waals surface area contributed by atoms with E-state index in [2.05, 4.69) is 10.3 Å². The van der Waals surface area contributed by atoms with E-state index in [1.54, 1.807) is 4.90 Å². The number of aliphatic imine (C=N–C) groups is 1. The van der Waals surface area contributed by atoms with Crippen molar-refractivity contribution >= 4 is 17.8 Å². The smallest absolute Gasteiger partial charge is 0.238 e. The molecule has 1 saturated heterocycles. The van der Waals surface area contributed by atoms with Gasteiger partial charge in [-0.1, -0.05) is 30.3 Å². The molecule has 1 atom stereocenters. The Hall–Kier alpha value is -2.17. The number of benzene rings is 1. The van der Waals surface area contributed by atoms with E-state index < -0.39 is 0 Å². The molecular weight excluding hydrogens is 254 g/mol. The zero-order chi connectivity index (χ0) is 14.7. The molecule has 0 saturated carbocycles. The summed E-state index contributed by atoms with van der Waals surface area (Å²) in [5.74, 6) is -0.161. The van der Waals surface area contributed by atoms with Crippen LogP contribution >= 0.6 is 0 Å². The van der Waals surface area contributed by atoms with Crippen LogP contribution in [0.25, 0.3) is 0 Å². The third-order valence-electron chi connectivity index (χ3n) is 3.17. The van der Waals surface area contributed by atoms with E-state index in [0.29, 0.717) is 5.96 Å². The Labute approximate surface area is 118 Å². The summed E-state index contributed by atoms with van der Waals surface area (Å²) in [5.41, 5.74) is 1.04. The monoisotopic (exact) mass is 273 g/mol. The van der Waals surface area contributed by atoms with Gasteiger partial charge in [0.1, 0.15) is 6.42 Å². The minimum Gasteiger partial charge on any atom is -0.296 e. The van der Waals surface area contributed by atoms with Gasteiger partial charge in [0.05, 0.1) is 6.04 Å². The first-order chi connectivity index (χ1) is 9.49. The molecule has 0 bridgehead atoms. The van der Waals surface area contributed by atoms with Crippen LogP contribution in [0.4, 0.5) is 0 Å².